The summed E-state index contributed by atoms with van der Waals surface area (Å²) >= 11 is 0. The molecule has 0 unspecified atom stereocenters. The molecule has 1 aliphatic heterocycles. The molecule has 7 heteroatoms. The predicted molar refractivity (Wildman–Crippen MR) is 52.4 cm³/mol. The Morgan fingerprint density at radius 2 is 2.00 bits per heavy atom. The summed E-state index contributed by atoms with van der Waals surface area (Å²) in [6.07, 6.45) is 1.87. The van der Waals surface area contributed by atoms with Crippen molar-refractivity contribution in [1.29, 1.82) is 0 Å². The molecule has 2 fully saturated rings. The van der Waals surface area contributed by atoms with Gasteiger partial charge in [0.1, 0.15) is 0 Å². The van der Waals surface area contributed by atoms with E-state index < -0.39 is 16.2 Å². The van der Waals surface area contributed by atoms with Crippen LogP contribution in [0.3, 0.4) is 0 Å². The highest BCUT2D eigenvalue weighted by Crippen LogP contribution is 2.25. The first kappa shape index (κ1) is 10.8. The highest BCUT2D eigenvalue weighted by molar-refractivity contribution is 7.87. The van der Waals surface area contributed by atoms with Gasteiger partial charge in [0, 0.05) is 19.1 Å². The molecule has 2 aliphatic rings. The second-order valence-electron chi connectivity index (χ2n) is 4.18. The van der Waals surface area contributed by atoms with Gasteiger partial charge in [-0.15, -0.1) is 0 Å². The summed E-state index contributed by atoms with van der Waals surface area (Å²) in [4.78, 5) is 10.4. The summed E-state index contributed by atoms with van der Waals surface area (Å²) < 4.78 is 27.0. The lowest BCUT2D eigenvalue weighted by molar-refractivity contribution is -0.139. The molecule has 0 bridgehead atoms. The first-order chi connectivity index (χ1) is 6.97. The van der Waals surface area contributed by atoms with Crippen LogP contribution in [0.2, 0.25) is 0 Å². The Labute approximate surface area is 88.4 Å². The predicted octanol–water partition coefficient (Wildman–Crippen LogP) is -0.610. The molecule has 1 heterocycles. The second kappa shape index (κ2) is 3.73. The maximum absolute atomic E-state index is 11.6. The fraction of sp³-hybridized carbons (Fsp3) is 0.875. The Hall–Kier alpha value is -0.660. The van der Waals surface area contributed by atoms with Gasteiger partial charge in [-0.25, -0.2) is 0 Å². The van der Waals surface area contributed by atoms with Gasteiger partial charge in [0.05, 0.1) is 6.42 Å². The maximum atomic E-state index is 11.6. The Morgan fingerprint density at radius 3 is 2.47 bits per heavy atom. The average Bonchev–Trinajstić information content (AvgIpc) is 2.77. The normalized spacial score (nSPS) is 23.7. The number of aliphatic carboxylic acids is 1. The van der Waals surface area contributed by atoms with Crippen LogP contribution in [0.15, 0.2) is 0 Å². The molecule has 86 valence electrons. The molecule has 0 spiro atoms. The van der Waals surface area contributed by atoms with Crippen LogP contribution < -0.4 is 4.72 Å². The van der Waals surface area contributed by atoms with E-state index in [1.54, 1.807) is 0 Å². The van der Waals surface area contributed by atoms with Crippen molar-refractivity contribution in [3.05, 3.63) is 0 Å². The number of nitrogens with zero attached hydrogens (tertiary/aromatic N) is 1. The average molecular weight is 234 g/mol. The van der Waals surface area contributed by atoms with Gasteiger partial charge in [-0.05, 0) is 18.8 Å². The molecule has 1 saturated carbocycles. The van der Waals surface area contributed by atoms with Gasteiger partial charge in [0.15, 0.2) is 0 Å². The Kier molecular flexibility index (Phi) is 2.70. The third-order valence-corrected chi connectivity index (χ3v) is 4.23. The minimum Gasteiger partial charge on any atom is -0.481 e. The van der Waals surface area contributed by atoms with E-state index in [2.05, 4.69) is 4.72 Å². The topological polar surface area (TPSA) is 86.7 Å². The molecule has 1 aliphatic carbocycles. The molecule has 0 aromatic rings. The van der Waals surface area contributed by atoms with E-state index in [0.717, 1.165) is 12.8 Å². The highest BCUT2D eigenvalue weighted by Gasteiger charge is 2.39. The van der Waals surface area contributed by atoms with Crippen molar-refractivity contribution in [1.82, 2.24) is 9.03 Å². The zero-order valence-corrected chi connectivity index (χ0v) is 9.03. The van der Waals surface area contributed by atoms with E-state index in [-0.39, 0.29) is 18.4 Å². The monoisotopic (exact) mass is 234 g/mol. The number of hydrogen-bond acceptors (Lipinski definition) is 3. The lowest BCUT2D eigenvalue weighted by Gasteiger charge is -2.37. The van der Waals surface area contributed by atoms with Gasteiger partial charge in [-0.3, -0.25) is 4.79 Å². The molecular formula is C8H14N2O4S. The first-order valence-electron chi connectivity index (χ1n) is 4.96. The molecule has 1 saturated heterocycles. The third kappa shape index (κ3) is 2.67. The van der Waals surface area contributed by atoms with Crippen LogP contribution >= 0.6 is 0 Å². The minimum atomic E-state index is -3.34. The Morgan fingerprint density at radius 1 is 1.40 bits per heavy atom. The van der Waals surface area contributed by atoms with Crippen LogP contribution in [-0.2, 0) is 15.0 Å². The van der Waals surface area contributed by atoms with Crippen LogP contribution in [0.25, 0.3) is 0 Å². The van der Waals surface area contributed by atoms with Crippen LogP contribution in [0, 0.1) is 5.92 Å². The largest absolute Gasteiger partial charge is 0.481 e. The molecule has 0 radical (unpaired) electrons. The zero-order valence-electron chi connectivity index (χ0n) is 8.22. The van der Waals surface area contributed by atoms with E-state index in [9.17, 15) is 13.2 Å². The number of hydrogen-bond donors (Lipinski definition) is 2. The fourth-order valence-electron chi connectivity index (χ4n) is 1.58. The molecule has 2 N–H and O–H groups in total. The van der Waals surface area contributed by atoms with Gasteiger partial charge in [-0.1, -0.05) is 0 Å². The summed E-state index contributed by atoms with van der Waals surface area (Å²) in [5, 5.41) is 8.51. The van der Waals surface area contributed by atoms with Crippen molar-refractivity contribution in [3.63, 3.8) is 0 Å². The number of rotatable bonds is 5. The fourth-order valence-corrected chi connectivity index (χ4v) is 3.20. The van der Waals surface area contributed by atoms with Crippen LogP contribution in [-0.4, -0.2) is 42.9 Å². The quantitative estimate of drug-likeness (QED) is 0.664. The summed E-state index contributed by atoms with van der Waals surface area (Å²) in [6.45, 7) is 0.655. The van der Waals surface area contributed by atoms with Gasteiger partial charge in [0.2, 0.25) is 0 Å². The first-order valence-corrected chi connectivity index (χ1v) is 6.40. The summed E-state index contributed by atoms with van der Waals surface area (Å²) in [7, 11) is -3.34. The van der Waals surface area contributed by atoms with Gasteiger partial charge < -0.3 is 5.11 Å². The van der Waals surface area contributed by atoms with Crippen molar-refractivity contribution in [3.8, 4) is 0 Å². The molecule has 0 aromatic carbocycles. The highest BCUT2D eigenvalue weighted by atomic mass is 32.2. The van der Waals surface area contributed by atoms with Gasteiger partial charge in [-0.2, -0.15) is 17.4 Å². The van der Waals surface area contributed by atoms with Crippen molar-refractivity contribution < 1.29 is 18.3 Å². The van der Waals surface area contributed by atoms with E-state index >= 15 is 0 Å². The van der Waals surface area contributed by atoms with Gasteiger partial charge in [0.25, 0.3) is 10.2 Å². The number of carboxylic acids is 1. The second-order valence-corrected chi connectivity index (χ2v) is 5.88. The Bertz CT molecular complexity index is 357. The number of carbonyl (C=O) groups is 1. The van der Waals surface area contributed by atoms with Crippen LogP contribution in [0.5, 0.6) is 0 Å². The van der Waals surface area contributed by atoms with Crippen molar-refractivity contribution in [2.45, 2.75) is 25.3 Å². The minimum absolute atomic E-state index is 0.0294. The SMILES string of the molecule is O=C(O)CC1CN(S(=O)(=O)NC2CC2)C1. The third-order valence-electron chi connectivity index (χ3n) is 2.62. The summed E-state index contributed by atoms with van der Waals surface area (Å²) in [5.74, 6) is -0.898. The molecule has 0 aromatic heterocycles. The van der Waals surface area contributed by atoms with E-state index in [0.29, 0.717) is 13.1 Å². The van der Waals surface area contributed by atoms with E-state index in [1.165, 1.54) is 4.31 Å². The van der Waals surface area contributed by atoms with Crippen LogP contribution in [0.1, 0.15) is 19.3 Å². The van der Waals surface area contributed by atoms with E-state index in [1.807, 2.05) is 0 Å². The molecule has 15 heavy (non-hydrogen) atoms. The zero-order chi connectivity index (χ0) is 11.1. The smallest absolute Gasteiger partial charge is 0.303 e. The number of nitrogens with one attached hydrogen (secondary N) is 1. The molecule has 0 amide bonds. The number of carboxylic acid groups (broad SMARTS) is 1. The van der Waals surface area contributed by atoms with Crippen molar-refractivity contribution >= 4 is 16.2 Å². The molecule has 2 rings (SSSR count). The lowest BCUT2D eigenvalue weighted by Crippen LogP contribution is -2.54. The maximum Gasteiger partial charge on any atom is 0.303 e. The summed E-state index contributed by atoms with van der Waals surface area (Å²) in [6, 6.07) is 0.105. The summed E-state index contributed by atoms with van der Waals surface area (Å²) in [5.41, 5.74) is 0. The standard InChI is InChI=1S/C8H14N2O4S/c11-8(12)3-6-4-10(5-6)15(13,14)9-7-1-2-7/h6-7,9H,1-5H2,(H,11,12). The lowest BCUT2D eigenvalue weighted by atomic mass is 10.00. The molecule has 0 atom stereocenters. The van der Waals surface area contributed by atoms with Crippen LogP contribution in [0.4, 0.5) is 0 Å². The van der Waals surface area contributed by atoms with Gasteiger partial charge >= 0.3 is 5.97 Å². The molecule has 6 nitrogen and oxygen atoms in total. The Balaban J connectivity index is 1.79. The van der Waals surface area contributed by atoms with E-state index in [4.69, 9.17) is 5.11 Å². The van der Waals surface area contributed by atoms with Crippen molar-refractivity contribution in [2.24, 2.45) is 5.92 Å². The van der Waals surface area contributed by atoms with Crippen molar-refractivity contribution in [2.75, 3.05) is 13.1 Å². The molecular weight excluding hydrogens is 220 g/mol.